The summed E-state index contributed by atoms with van der Waals surface area (Å²) < 4.78 is 19.3. The summed E-state index contributed by atoms with van der Waals surface area (Å²) in [6.07, 6.45) is 0. The Balaban J connectivity index is 1.74. The van der Waals surface area contributed by atoms with Gasteiger partial charge in [-0.05, 0) is 55.0 Å². The predicted molar refractivity (Wildman–Crippen MR) is 103 cm³/mol. The van der Waals surface area contributed by atoms with Gasteiger partial charge in [-0.1, -0.05) is 12.1 Å². The Bertz CT molecular complexity index is 1010. The van der Waals surface area contributed by atoms with E-state index in [-0.39, 0.29) is 11.7 Å². The number of carbonyl (C=O) groups is 1. The molecular weight excluding hydrogens is 361 g/mol. The summed E-state index contributed by atoms with van der Waals surface area (Å²) in [7, 11) is 1.59. The van der Waals surface area contributed by atoms with Crippen LogP contribution in [0.1, 0.15) is 18.5 Å². The molecule has 1 N–H and O–H groups in total. The van der Waals surface area contributed by atoms with Gasteiger partial charge in [0, 0.05) is 18.2 Å². The van der Waals surface area contributed by atoms with Crippen molar-refractivity contribution in [3.05, 3.63) is 82.4 Å². The highest BCUT2D eigenvalue weighted by molar-refractivity contribution is 5.79. The van der Waals surface area contributed by atoms with Gasteiger partial charge in [-0.15, -0.1) is 0 Å². The monoisotopic (exact) mass is 381 g/mol. The number of hydrogen-bond acceptors (Lipinski definition) is 4. The fraction of sp³-hybridized carbons (Fsp3) is 0.190. The van der Waals surface area contributed by atoms with Gasteiger partial charge in [0.15, 0.2) is 0 Å². The lowest BCUT2D eigenvalue weighted by Gasteiger charge is -2.15. The van der Waals surface area contributed by atoms with E-state index < -0.39 is 11.6 Å². The van der Waals surface area contributed by atoms with Gasteiger partial charge in [-0.3, -0.25) is 9.59 Å². The highest BCUT2D eigenvalue weighted by Crippen LogP contribution is 2.17. The highest BCUT2D eigenvalue weighted by Gasteiger charge is 2.18. The molecule has 1 atom stereocenters. The second kappa shape index (κ2) is 8.47. The molecule has 1 unspecified atom stereocenters. The predicted octanol–water partition coefficient (Wildman–Crippen LogP) is 2.94. The van der Waals surface area contributed by atoms with Gasteiger partial charge in [0.25, 0.3) is 5.56 Å². The van der Waals surface area contributed by atoms with E-state index in [9.17, 15) is 14.0 Å². The SMILES string of the molecule is COc1ccc(CNC(=O)C(C)n2nc(-c3ccc(F)cc3)ccc2=O)cc1. The van der Waals surface area contributed by atoms with Crippen LogP contribution in [0, 0.1) is 5.82 Å². The van der Waals surface area contributed by atoms with Crippen molar-refractivity contribution in [3.63, 3.8) is 0 Å². The van der Waals surface area contributed by atoms with E-state index in [4.69, 9.17) is 4.74 Å². The van der Waals surface area contributed by atoms with Crippen LogP contribution in [0.2, 0.25) is 0 Å². The molecule has 0 saturated carbocycles. The van der Waals surface area contributed by atoms with Crippen molar-refractivity contribution in [2.45, 2.75) is 19.5 Å². The average Bonchev–Trinajstić information content (AvgIpc) is 2.73. The van der Waals surface area contributed by atoms with Gasteiger partial charge in [0.05, 0.1) is 12.8 Å². The second-order valence-electron chi connectivity index (χ2n) is 6.25. The van der Waals surface area contributed by atoms with E-state index in [0.29, 0.717) is 17.8 Å². The maximum atomic E-state index is 13.1. The van der Waals surface area contributed by atoms with Crippen LogP contribution in [-0.4, -0.2) is 22.8 Å². The van der Waals surface area contributed by atoms with Gasteiger partial charge in [0.2, 0.25) is 5.91 Å². The Kier molecular flexibility index (Phi) is 5.84. The van der Waals surface area contributed by atoms with Gasteiger partial charge in [-0.25, -0.2) is 9.07 Å². The zero-order chi connectivity index (χ0) is 20.1. The molecule has 0 aliphatic rings. The Morgan fingerprint density at radius 1 is 1.11 bits per heavy atom. The van der Waals surface area contributed by atoms with E-state index in [1.165, 1.54) is 18.2 Å². The zero-order valence-electron chi connectivity index (χ0n) is 15.6. The number of ether oxygens (including phenoxy) is 1. The zero-order valence-corrected chi connectivity index (χ0v) is 15.6. The van der Waals surface area contributed by atoms with Crippen LogP contribution < -0.4 is 15.6 Å². The minimum Gasteiger partial charge on any atom is -0.497 e. The fourth-order valence-corrected chi connectivity index (χ4v) is 2.67. The first-order valence-corrected chi connectivity index (χ1v) is 8.74. The molecule has 0 bridgehead atoms. The molecule has 3 aromatic rings. The van der Waals surface area contributed by atoms with Crippen LogP contribution in [0.5, 0.6) is 5.75 Å². The summed E-state index contributed by atoms with van der Waals surface area (Å²) >= 11 is 0. The first kappa shape index (κ1) is 19.3. The van der Waals surface area contributed by atoms with Crippen molar-refractivity contribution in [2.24, 2.45) is 0 Å². The third kappa shape index (κ3) is 4.43. The molecule has 2 aromatic carbocycles. The number of benzene rings is 2. The Hall–Kier alpha value is -3.48. The maximum Gasteiger partial charge on any atom is 0.267 e. The summed E-state index contributed by atoms with van der Waals surface area (Å²) in [6.45, 7) is 1.92. The van der Waals surface area contributed by atoms with Crippen LogP contribution >= 0.6 is 0 Å². The summed E-state index contributed by atoms with van der Waals surface area (Å²) in [4.78, 5) is 24.7. The lowest BCUT2D eigenvalue weighted by Crippen LogP contribution is -2.36. The molecule has 6 nitrogen and oxygen atoms in total. The van der Waals surface area contributed by atoms with Gasteiger partial charge >= 0.3 is 0 Å². The Morgan fingerprint density at radius 3 is 2.43 bits per heavy atom. The molecule has 0 aliphatic carbocycles. The number of rotatable bonds is 6. The van der Waals surface area contributed by atoms with E-state index in [2.05, 4.69) is 10.4 Å². The lowest BCUT2D eigenvalue weighted by atomic mass is 10.1. The molecule has 0 fully saturated rings. The molecular formula is C21H20FN3O3. The number of carbonyl (C=O) groups excluding carboxylic acids is 1. The van der Waals surface area contributed by atoms with Crippen molar-refractivity contribution in [1.82, 2.24) is 15.1 Å². The van der Waals surface area contributed by atoms with Gasteiger partial charge < -0.3 is 10.1 Å². The smallest absolute Gasteiger partial charge is 0.267 e. The summed E-state index contributed by atoms with van der Waals surface area (Å²) in [6, 6.07) is 15.2. The molecule has 144 valence electrons. The third-order valence-electron chi connectivity index (χ3n) is 4.34. The second-order valence-corrected chi connectivity index (χ2v) is 6.25. The normalized spacial score (nSPS) is 11.7. The molecule has 1 aromatic heterocycles. The van der Waals surface area contributed by atoms with E-state index in [1.54, 1.807) is 32.2 Å². The summed E-state index contributed by atoms with van der Waals surface area (Å²) in [5.41, 5.74) is 1.65. The molecule has 7 heteroatoms. The van der Waals surface area contributed by atoms with Crippen LogP contribution in [0.25, 0.3) is 11.3 Å². The molecule has 1 amide bonds. The summed E-state index contributed by atoms with van der Waals surface area (Å²) in [5.74, 6) is 0.0434. The highest BCUT2D eigenvalue weighted by atomic mass is 19.1. The first-order chi connectivity index (χ1) is 13.5. The number of methoxy groups -OCH3 is 1. The number of aromatic nitrogens is 2. The number of amides is 1. The molecule has 1 heterocycles. The fourth-order valence-electron chi connectivity index (χ4n) is 2.67. The maximum absolute atomic E-state index is 13.1. The molecule has 3 rings (SSSR count). The van der Waals surface area contributed by atoms with E-state index >= 15 is 0 Å². The molecule has 0 aliphatic heterocycles. The topological polar surface area (TPSA) is 73.2 Å². The molecule has 28 heavy (non-hydrogen) atoms. The summed E-state index contributed by atoms with van der Waals surface area (Å²) in [5, 5.41) is 7.07. The van der Waals surface area contributed by atoms with E-state index in [0.717, 1.165) is 16.0 Å². The number of nitrogens with zero attached hydrogens (tertiary/aromatic N) is 2. The van der Waals surface area contributed by atoms with Crippen LogP contribution in [0.4, 0.5) is 4.39 Å². The average molecular weight is 381 g/mol. The molecule has 0 saturated heterocycles. The van der Waals surface area contributed by atoms with Crippen molar-refractivity contribution >= 4 is 5.91 Å². The lowest BCUT2D eigenvalue weighted by molar-refractivity contribution is -0.124. The van der Waals surface area contributed by atoms with Crippen molar-refractivity contribution in [2.75, 3.05) is 7.11 Å². The molecule has 0 spiro atoms. The minimum atomic E-state index is -0.800. The number of nitrogens with one attached hydrogen (secondary N) is 1. The van der Waals surface area contributed by atoms with Crippen molar-refractivity contribution < 1.29 is 13.9 Å². The van der Waals surface area contributed by atoms with Crippen LogP contribution in [0.3, 0.4) is 0 Å². The minimum absolute atomic E-state index is 0.319. The Labute approximate surface area is 161 Å². The van der Waals surface area contributed by atoms with Crippen molar-refractivity contribution in [1.29, 1.82) is 0 Å². The van der Waals surface area contributed by atoms with Crippen molar-refractivity contribution in [3.8, 4) is 17.0 Å². The van der Waals surface area contributed by atoms with Crippen LogP contribution in [0.15, 0.2) is 65.5 Å². The largest absolute Gasteiger partial charge is 0.497 e. The van der Waals surface area contributed by atoms with Gasteiger partial charge in [-0.2, -0.15) is 5.10 Å². The Morgan fingerprint density at radius 2 is 1.79 bits per heavy atom. The first-order valence-electron chi connectivity index (χ1n) is 8.74. The van der Waals surface area contributed by atoms with Gasteiger partial charge in [0.1, 0.15) is 17.6 Å². The molecule has 0 radical (unpaired) electrons. The quantitative estimate of drug-likeness (QED) is 0.713. The standard InChI is InChI=1S/C21H20FN3O3/c1-14(21(27)23-13-15-3-9-18(28-2)10-4-15)25-20(26)12-11-19(24-25)16-5-7-17(22)8-6-16/h3-12,14H,13H2,1-2H3,(H,23,27). The van der Waals surface area contributed by atoms with E-state index in [1.807, 2.05) is 24.3 Å². The third-order valence-corrected chi connectivity index (χ3v) is 4.34. The van der Waals surface area contributed by atoms with Crippen LogP contribution in [-0.2, 0) is 11.3 Å². The number of halogens is 1. The number of hydrogen-bond donors (Lipinski definition) is 1.